The van der Waals surface area contributed by atoms with E-state index in [1.165, 1.54) is 6.07 Å². The van der Waals surface area contributed by atoms with E-state index in [4.69, 9.17) is 4.74 Å². The van der Waals surface area contributed by atoms with Crippen molar-refractivity contribution in [1.29, 1.82) is 0 Å². The lowest BCUT2D eigenvalue weighted by Gasteiger charge is -2.26. The molecule has 1 heterocycles. The average Bonchev–Trinajstić information content (AvgIpc) is 2.42. The van der Waals surface area contributed by atoms with E-state index in [2.05, 4.69) is 9.64 Å². The highest BCUT2D eigenvalue weighted by molar-refractivity contribution is 5.29. The molecule has 0 aromatic heterocycles. The van der Waals surface area contributed by atoms with Crippen molar-refractivity contribution >= 4 is 0 Å². The van der Waals surface area contributed by atoms with Crippen LogP contribution in [0.1, 0.15) is 12.0 Å². The molecule has 1 aliphatic heterocycles. The first-order valence-electron chi connectivity index (χ1n) is 6.78. The largest absolute Gasteiger partial charge is 0.573 e. The van der Waals surface area contributed by atoms with Gasteiger partial charge in [-0.2, -0.15) is 0 Å². The predicted octanol–water partition coefficient (Wildman–Crippen LogP) is 2.99. The van der Waals surface area contributed by atoms with Crippen LogP contribution in [0.2, 0.25) is 0 Å². The molecule has 0 spiro atoms. The van der Waals surface area contributed by atoms with Crippen LogP contribution < -0.4 is 4.74 Å². The first-order chi connectivity index (χ1) is 9.94. The van der Waals surface area contributed by atoms with Gasteiger partial charge in [-0.15, -0.1) is 13.2 Å². The van der Waals surface area contributed by atoms with Crippen molar-refractivity contribution in [3.05, 3.63) is 29.6 Å². The van der Waals surface area contributed by atoms with E-state index in [-0.39, 0.29) is 0 Å². The summed E-state index contributed by atoms with van der Waals surface area (Å²) in [4.78, 5) is 2.25. The van der Waals surface area contributed by atoms with Crippen molar-refractivity contribution in [3.63, 3.8) is 0 Å². The molecule has 0 aliphatic carbocycles. The minimum atomic E-state index is -4.88. The maximum absolute atomic E-state index is 13.5. The van der Waals surface area contributed by atoms with Crippen LogP contribution in [0.3, 0.4) is 0 Å². The Balaban J connectivity index is 1.82. The Bertz CT molecular complexity index is 459. The summed E-state index contributed by atoms with van der Waals surface area (Å²) in [5.41, 5.74) is 0.662. The van der Waals surface area contributed by atoms with Gasteiger partial charge in [0.15, 0.2) is 11.6 Å². The standard InChI is InChI=1S/C14H17F4NO2/c15-12-10-11(3-4-13(12)21-14(16,17)18)2-1-5-19-6-8-20-9-7-19/h3-4,10H,1-2,5-9H2. The quantitative estimate of drug-likeness (QED) is 0.781. The van der Waals surface area contributed by atoms with Crippen LogP contribution >= 0.6 is 0 Å². The Morgan fingerprint density at radius 2 is 1.90 bits per heavy atom. The molecule has 7 heteroatoms. The fraction of sp³-hybridized carbons (Fsp3) is 0.571. The Hall–Kier alpha value is -1.34. The third kappa shape index (κ3) is 5.51. The number of rotatable bonds is 5. The van der Waals surface area contributed by atoms with E-state index in [9.17, 15) is 17.6 Å². The van der Waals surface area contributed by atoms with E-state index >= 15 is 0 Å². The molecule has 3 nitrogen and oxygen atoms in total. The van der Waals surface area contributed by atoms with Crippen molar-refractivity contribution in [3.8, 4) is 5.75 Å². The van der Waals surface area contributed by atoms with Crippen LogP contribution in [-0.4, -0.2) is 44.1 Å². The summed E-state index contributed by atoms with van der Waals surface area (Å²) in [6.07, 6.45) is -3.45. The fourth-order valence-electron chi connectivity index (χ4n) is 2.24. The fourth-order valence-corrected chi connectivity index (χ4v) is 2.24. The second kappa shape index (κ2) is 7.09. The SMILES string of the molecule is Fc1cc(CCCN2CCOCC2)ccc1OC(F)(F)F. The van der Waals surface area contributed by atoms with Crippen molar-refractivity contribution in [2.45, 2.75) is 19.2 Å². The van der Waals surface area contributed by atoms with Gasteiger partial charge in [0.05, 0.1) is 13.2 Å². The van der Waals surface area contributed by atoms with Crippen molar-refractivity contribution < 1.29 is 27.0 Å². The summed E-state index contributed by atoms with van der Waals surface area (Å²) in [6.45, 7) is 4.07. The van der Waals surface area contributed by atoms with E-state index in [1.54, 1.807) is 0 Å². The Kier molecular flexibility index (Phi) is 5.41. The minimum Gasteiger partial charge on any atom is -0.403 e. The molecule has 1 aromatic carbocycles. The van der Waals surface area contributed by atoms with Gasteiger partial charge in [-0.05, 0) is 37.1 Å². The van der Waals surface area contributed by atoms with Crippen LogP contribution in [0.25, 0.3) is 0 Å². The summed E-state index contributed by atoms with van der Waals surface area (Å²) in [6, 6.07) is 3.58. The Morgan fingerprint density at radius 3 is 2.52 bits per heavy atom. The summed E-state index contributed by atoms with van der Waals surface area (Å²) < 4.78 is 58.4. The average molecular weight is 307 g/mol. The van der Waals surface area contributed by atoms with Crippen LogP contribution in [0.15, 0.2) is 18.2 Å². The molecule has 118 valence electrons. The zero-order valence-electron chi connectivity index (χ0n) is 11.5. The molecule has 0 bridgehead atoms. The van der Waals surface area contributed by atoms with Gasteiger partial charge in [0.2, 0.25) is 0 Å². The third-order valence-corrected chi connectivity index (χ3v) is 3.27. The molecular formula is C14H17F4NO2. The van der Waals surface area contributed by atoms with Crippen molar-refractivity contribution in [1.82, 2.24) is 4.90 Å². The zero-order valence-corrected chi connectivity index (χ0v) is 11.5. The van der Waals surface area contributed by atoms with Gasteiger partial charge in [-0.1, -0.05) is 6.07 Å². The van der Waals surface area contributed by atoms with E-state index < -0.39 is 17.9 Å². The highest BCUT2D eigenvalue weighted by atomic mass is 19.4. The molecule has 2 rings (SSSR count). The van der Waals surface area contributed by atoms with E-state index in [1.807, 2.05) is 0 Å². The molecule has 0 unspecified atom stereocenters. The summed E-state index contributed by atoms with van der Waals surface area (Å²) in [7, 11) is 0. The molecule has 1 fully saturated rings. The number of benzene rings is 1. The molecule has 0 saturated carbocycles. The lowest BCUT2D eigenvalue weighted by molar-refractivity contribution is -0.275. The predicted molar refractivity (Wildman–Crippen MR) is 68.7 cm³/mol. The minimum absolute atomic E-state index is 0.612. The third-order valence-electron chi connectivity index (χ3n) is 3.27. The number of aryl methyl sites for hydroxylation is 1. The van der Waals surface area contributed by atoms with Crippen LogP contribution in [0.5, 0.6) is 5.75 Å². The summed E-state index contributed by atoms with van der Waals surface area (Å²) >= 11 is 0. The van der Waals surface area contributed by atoms with E-state index in [0.29, 0.717) is 12.0 Å². The molecule has 1 aromatic rings. The van der Waals surface area contributed by atoms with Crippen LogP contribution in [-0.2, 0) is 11.2 Å². The summed E-state index contributed by atoms with van der Waals surface area (Å²) in [5.74, 6) is -1.78. The van der Waals surface area contributed by atoms with Gasteiger partial charge in [0.1, 0.15) is 0 Å². The number of hydrogen-bond acceptors (Lipinski definition) is 3. The summed E-state index contributed by atoms with van der Waals surface area (Å²) in [5, 5.41) is 0. The smallest absolute Gasteiger partial charge is 0.403 e. The van der Waals surface area contributed by atoms with E-state index in [0.717, 1.165) is 51.4 Å². The number of nitrogens with zero attached hydrogens (tertiary/aromatic N) is 1. The maximum Gasteiger partial charge on any atom is 0.573 e. The number of morpholine rings is 1. The highest BCUT2D eigenvalue weighted by Gasteiger charge is 2.32. The molecule has 0 radical (unpaired) electrons. The van der Waals surface area contributed by atoms with Gasteiger partial charge >= 0.3 is 6.36 Å². The zero-order chi connectivity index (χ0) is 15.3. The van der Waals surface area contributed by atoms with Crippen molar-refractivity contribution in [2.24, 2.45) is 0 Å². The van der Waals surface area contributed by atoms with Gasteiger partial charge in [0.25, 0.3) is 0 Å². The van der Waals surface area contributed by atoms with Gasteiger partial charge in [-0.3, -0.25) is 4.90 Å². The van der Waals surface area contributed by atoms with Gasteiger partial charge < -0.3 is 9.47 Å². The second-order valence-corrected chi connectivity index (χ2v) is 4.87. The molecule has 0 amide bonds. The molecule has 1 aliphatic rings. The van der Waals surface area contributed by atoms with Gasteiger partial charge in [-0.25, -0.2) is 4.39 Å². The first kappa shape index (κ1) is 16.0. The molecule has 21 heavy (non-hydrogen) atoms. The Morgan fingerprint density at radius 1 is 1.19 bits per heavy atom. The molecule has 0 atom stereocenters. The van der Waals surface area contributed by atoms with Crippen LogP contribution in [0.4, 0.5) is 17.6 Å². The monoisotopic (exact) mass is 307 g/mol. The topological polar surface area (TPSA) is 21.7 Å². The van der Waals surface area contributed by atoms with Gasteiger partial charge in [0, 0.05) is 13.1 Å². The maximum atomic E-state index is 13.5. The Labute approximate surface area is 120 Å². The lowest BCUT2D eigenvalue weighted by Crippen LogP contribution is -2.36. The second-order valence-electron chi connectivity index (χ2n) is 4.87. The van der Waals surface area contributed by atoms with Crippen molar-refractivity contribution in [2.75, 3.05) is 32.8 Å². The number of halogens is 4. The number of hydrogen-bond donors (Lipinski definition) is 0. The van der Waals surface area contributed by atoms with Crippen LogP contribution in [0, 0.1) is 5.82 Å². The normalized spacial score (nSPS) is 17.0. The lowest BCUT2D eigenvalue weighted by atomic mass is 10.1. The molecule has 0 N–H and O–H groups in total. The molecule has 1 saturated heterocycles. The highest BCUT2D eigenvalue weighted by Crippen LogP contribution is 2.26. The number of alkyl halides is 3. The molecular weight excluding hydrogens is 290 g/mol. The first-order valence-corrected chi connectivity index (χ1v) is 6.78. The number of ether oxygens (including phenoxy) is 2.